The Hall–Kier alpha value is -1.09. The third kappa shape index (κ3) is 5.54. The lowest BCUT2D eigenvalue weighted by molar-refractivity contribution is 0.244. The molecule has 0 unspecified atom stereocenters. The molecule has 3 nitrogen and oxygen atoms in total. The van der Waals surface area contributed by atoms with Gasteiger partial charge in [0.15, 0.2) is 0 Å². The highest BCUT2D eigenvalue weighted by molar-refractivity contribution is 5.82. The van der Waals surface area contributed by atoms with Gasteiger partial charge in [-0.2, -0.15) is 0 Å². The molecule has 0 rings (SSSR count). The van der Waals surface area contributed by atoms with Crippen LogP contribution in [0, 0.1) is 5.92 Å². The predicted octanol–water partition coefficient (Wildman–Crippen LogP) is 2.11. The Balaban J connectivity index is 4.23. The van der Waals surface area contributed by atoms with E-state index in [1.165, 1.54) is 5.57 Å². The number of nitrogens with zero attached hydrogens (tertiary/aromatic N) is 1. The van der Waals surface area contributed by atoms with Crippen LogP contribution < -0.4 is 5.73 Å². The molecule has 2 N–H and O–H groups in total. The molecule has 14 heavy (non-hydrogen) atoms. The van der Waals surface area contributed by atoms with Crippen LogP contribution in [0.25, 0.3) is 0 Å². The van der Waals surface area contributed by atoms with Crippen LogP contribution in [0.1, 0.15) is 20.8 Å². The average Bonchev–Trinajstić information content (AvgIpc) is 2.12. The molecule has 0 bridgehead atoms. The third-order valence-corrected chi connectivity index (χ3v) is 1.80. The zero-order valence-electron chi connectivity index (χ0n) is 9.45. The van der Waals surface area contributed by atoms with Gasteiger partial charge in [0, 0.05) is 13.3 Å². The van der Waals surface area contributed by atoms with Crippen LogP contribution in [-0.4, -0.2) is 19.6 Å². The first-order valence-electron chi connectivity index (χ1n) is 4.75. The van der Waals surface area contributed by atoms with Crippen molar-refractivity contribution in [1.82, 2.24) is 0 Å². The van der Waals surface area contributed by atoms with E-state index in [2.05, 4.69) is 24.9 Å². The van der Waals surface area contributed by atoms with Crippen molar-refractivity contribution in [2.45, 2.75) is 20.8 Å². The quantitative estimate of drug-likeness (QED) is 0.416. The van der Waals surface area contributed by atoms with Crippen LogP contribution in [-0.2, 0) is 4.74 Å². The van der Waals surface area contributed by atoms with E-state index >= 15 is 0 Å². The minimum absolute atomic E-state index is 0.372. The second kappa shape index (κ2) is 7.33. The van der Waals surface area contributed by atoms with Gasteiger partial charge in [0.05, 0.1) is 0 Å². The highest BCUT2D eigenvalue weighted by Crippen LogP contribution is 2.10. The number of aliphatic imine (C=N–C) groups is 1. The summed E-state index contributed by atoms with van der Waals surface area (Å²) in [5.41, 5.74) is 6.79. The molecule has 0 aromatic rings. The van der Waals surface area contributed by atoms with E-state index in [0.29, 0.717) is 18.4 Å². The highest BCUT2D eigenvalue weighted by atomic mass is 16.5. The van der Waals surface area contributed by atoms with Crippen molar-refractivity contribution in [2.75, 3.05) is 13.7 Å². The monoisotopic (exact) mass is 196 g/mol. The molecule has 0 aliphatic rings. The molecule has 80 valence electrons. The summed E-state index contributed by atoms with van der Waals surface area (Å²) in [5.74, 6) is 0.998. The zero-order valence-corrected chi connectivity index (χ0v) is 9.45. The number of nitrogens with two attached hydrogens (primary N) is 1. The molecule has 0 amide bonds. The van der Waals surface area contributed by atoms with Crippen molar-refractivity contribution in [3.8, 4) is 0 Å². The summed E-state index contributed by atoms with van der Waals surface area (Å²) in [6.45, 7) is 6.67. The highest BCUT2D eigenvalue weighted by Gasteiger charge is 1.95. The molecule has 0 fully saturated rings. The Bertz CT molecular complexity index is 240. The smallest absolute Gasteiger partial charge is 0.125 e. The maximum Gasteiger partial charge on any atom is 0.125 e. The van der Waals surface area contributed by atoms with Crippen molar-refractivity contribution in [3.63, 3.8) is 0 Å². The molecule has 0 heterocycles. The van der Waals surface area contributed by atoms with Gasteiger partial charge in [-0.25, -0.2) is 4.99 Å². The van der Waals surface area contributed by atoms with Crippen LogP contribution >= 0.6 is 0 Å². The molecule has 0 aromatic heterocycles. The van der Waals surface area contributed by atoms with Crippen LogP contribution in [0.15, 0.2) is 28.9 Å². The fourth-order valence-corrected chi connectivity index (χ4v) is 1.03. The minimum Gasteiger partial charge on any atom is -0.385 e. The lowest BCUT2D eigenvalue weighted by Gasteiger charge is -2.03. The average molecular weight is 196 g/mol. The van der Waals surface area contributed by atoms with Crippen LogP contribution in [0.4, 0.5) is 0 Å². The van der Waals surface area contributed by atoms with E-state index in [-0.39, 0.29) is 0 Å². The van der Waals surface area contributed by atoms with Crippen molar-refractivity contribution >= 4 is 5.84 Å². The Morgan fingerprint density at radius 2 is 2.14 bits per heavy atom. The van der Waals surface area contributed by atoms with E-state index in [4.69, 9.17) is 10.5 Å². The van der Waals surface area contributed by atoms with E-state index in [1.807, 2.05) is 13.0 Å². The molecule has 0 aliphatic carbocycles. The van der Waals surface area contributed by atoms with Crippen LogP contribution in [0.3, 0.4) is 0 Å². The van der Waals surface area contributed by atoms with Gasteiger partial charge in [0.1, 0.15) is 12.4 Å². The van der Waals surface area contributed by atoms with Gasteiger partial charge in [-0.05, 0) is 24.5 Å². The van der Waals surface area contributed by atoms with Gasteiger partial charge in [0.2, 0.25) is 0 Å². The molecule has 3 heteroatoms. The molecular formula is C11H20N2O. The second-order valence-corrected chi connectivity index (χ2v) is 3.31. The lowest BCUT2D eigenvalue weighted by Crippen LogP contribution is -2.17. The van der Waals surface area contributed by atoms with Gasteiger partial charge in [-0.3, -0.25) is 0 Å². The fraction of sp³-hybridized carbons (Fsp3) is 0.545. The lowest BCUT2D eigenvalue weighted by atomic mass is 10.0. The molecule has 0 spiro atoms. The topological polar surface area (TPSA) is 47.6 Å². The summed E-state index contributed by atoms with van der Waals surface area (Å²) in [4.78, 5) is 4.03. The first-order chi connectivity index (χ1) is 6.61. The number of hydrogen-bond acceptors (Lipinski definition) is 2. The van der Waals surface area contributed by atoms with Gasteiger partial charge in [-0.1, -0.05) is 19.9 Å². The van der Waals surface area contributed by atoms with Crippen molar-refractivity contribution in [3.05, 3.63) is 23.9 Å². The largest absolute Gasteiger partial charge is 0.385 e. The van der Waals surface area contributed by atoms with E-state index in [1.54, 1.807) is 13.3 Å². The summed E-state index contributed by atoms with van der Waals surface area (Å²) in [6.07, 6.45) is 5.75. The number of amidine groups is 1. The van der Waals surface area contributed by atoms with Gasteiger partial charge < -0.3 is 10.5 Å². The molecule has 0 saturated carbocycles. The van der Waals surface area contributed by atoms with Crippen LogP contribution in [0.2, 0.25) is 0 Å². The maximum atomic E-state index is 5.54. The van der Waals surface area contributed by atoms with Gasteiger partial charge in [0.25, 0.3) is 0 Å². The van der Waals surface area contributed by atoms with E-state index in [9.17, 15) is 0 Å². The summed E-state index contributed by atoms with van der Waals surface area (Å²) in [7, 11) is 1.59. The number of hydrogen-bond donors (Lipinski definition) is 1. The molecule has 0 aromatic carbocycles. The first kappa shape index (κ1) is 12.9. The van der Waals surface area contributed by atoms with Gasteiger partial charge >= 0.3 is 0 Å². The van der Waals surface area contributed by atoms with Crippen molar-refractivity contribution < 1.29 is 4.74 Å². The first-order valence-corrected chi connectivity index (χ1v) is 4.75. The number of allylic oxidation sites excluding steroid dienone is 3. The zero-order chi connectivity index (χ0) is 11.0. The maximum absolute atomic E-state index is 5.54. The summed E-state index contributed by atoms with van der Waals surface area (Å²) < 4.78 is 4.83. The Labute approximate surface area is 86.4 Å². The van der Waals surface area contributed by atoms with Crippen molar-refractivity contribution in [2.24, 2.45) is 16.6 Å². The van der Waals surface area contributed by atoms with E-state index in [0.717, 1.165) is 0 Å². The third-order valence-electron chi connectivity index (χ3n) is 1.80. The number of methoxy groups -OCH3 is 1. The standard InChI is InChI=1S/C11H20N2O/c1-5-10(9(2)3)6-7-13-11(12)8-14-4/h5-7,9H,8H2,1-4H3,(H2,12,13)/b7-6-,10-5+. The Morgan fingerprint density at radius 1 is 1.50 bits per heavy atom. The fourth-order valence-electron chi connectivity index (χ4n) is 1.03. The normalized spacial score (nSPS) is 14.4. The Kier molecular flexibility index (Phi) is 6.76. The summed E-state index contributed by atoms with van der Waals surface area (Å²) in [5, 5.41) is 0. The molecular weight excluding hydrogens is 176 g/mol. The number of ether oxygens (including phenoxy) is 1. The minimum atomic E-state index is 0.372. The van der Waals surface area contributed by atoms with Crippen molar-refractivity contribution in [1.29, 1.82) is 0 Å². The van der Waals surface area contributed by atoms with Gasteiger partial charge in [-0.15, -0.1) is 0 Å². The number of rotatable bonds is 5. The predicted molar refractivity (Wildman–Crippen MR) is 61.2 cm³/mol. The Morgan fingerprint density at radius 3 is 2.57 bits per heavy atom. The molecule has 0 atom stereocenters. The summed E-state index contributed by atoms with van der Waals surface area (Å²) >= 11 is 0. The molecule has 0 radical (unpaired) electrons. The molecule has 0 aliphatic heterocycles. The van der Waals surface area contributed by atoms with Crippen LogP contribution in [0.5, 0.6) is 0 Å². The van der Waals surface area contributed by atoms with E-state index < -0.39 is 0 Å². The second-order valence-electron chi connectivity index (χ2n) is 3.31. The SMILES string of the molecule is C/C=C(\C=C/N=C(N)COC)C(C)C. The summed E-state index contributed by atoms with van der Waals surface area (Å²) in [6, 6.07) is 0. The molecule has 0 saturated heterocycles.